The first-order valence-electron chi connectivity index (χ1n) is 7.72. The topological polar surface area (TPSA) is 83.7 Å². The molecule has 0 N–H and O–H groups in total. The minimum atomic E-state index is -3.23. The average Bonchev–Trinajstić information content (AvgIpc) is 2.91. The molecule has 2 aromatic rings. The summed E-state index contributed by atoms with van der Waals surface area (Å²) in [7, 11) is -3.23. The van der Waals surface area contributed by atoms with Crippen molar-refractivity contribution < 1.29 is 17.7 Å². The minimum absolute atomic E-state index is 0.238. The maximum Gasteiger partial charge on any atom is 0.276 e. The van der Waals surface area contributed by atoms with E-state index in [9.17, 15) is 13.2 Å². The molecule has 1 aliphatic heterocycles. The van der Waals surface area contributed by atoms with Crippen LogP contribution in [0.15, 0.2) is 40.9 Å². The molecule has 0 radical (unpaired) electrons. The molecule has 24 heavy (non-hydrogen) atoms. The lowest BCUT2D eigenvalue weighted by atomic mass is 10.1. The largest absolute Gasteiger partial charge is 0.355 e. The van der Waals surface area contributed by atoms with Crippen LogP contribution in [0.3, 0.4) is 0 Å². The Morgan fingerprint density at radius 2 is 1.88 bits per heavy atom. The van der Waals surface area contributed by atoms with Gasteiger partial charge in [-0.25, -0.2) is 12.7 Å². The maximum atomic E-state index is 12.6. The highest BCUT2D eigenvalue weighted by molar-refractivity contribution is 7.88. The van der Waals surface area contributed by atoms with E-state index in [0.29, 0.717) is 38.4 Å². The van der Waals surface area contributed by atoms with Gasteiger partial charge in [0.05, 0.1) is 6.26 Å². The summed E-state index contributed by atoms with van der Waals surface area (Å²) in [6.45, 7) is 1.57. The second kappa shape index (κ2) is 6.74. The molecule has 1 aromatic heterocycles. The highest BCUT2D eigenvalue weighted by Crippen LogP contribution is 2.21. The second-order valence-electron chi connectivity index (χ2n) is 5.75. The van der Waals surface area contributed by atoms with Crippen LogP contribution in [-0.4, -0.2) is 61.1 Å². The summed E-state index contributed by atoms with van der Waals surface area (Å²) in [5.74, 6) is 0.294. The molecule has 8 heteroatoms. The van der Waals surface area contributed by atoms with Gasteiger partial charge < -0.3 is 9.42 Å². The van der Waals surface area contributed by atoms with Crippen molar-refractivity contribution in [1.29, 1.82) is 0 Å². The Bertz CT molecular complexity index is 817. The minimum Gasteiger partial charge on any atom is -0.355 e. The van der Waals surface area contributed by atoms with Crippen molar-refractivity contribution in [2.45, 2.75) is 6.42 Å². The van der Waals surface area contributed by atoms with Gasteiger partial charge in [-0.2, -0.15) is 0 Å². The number of sulfonamides is 1. The Morgan fingerprint density at radius 1 is 1.12 bits per heavy atom. The Hall–Kier alpha value is -2.19. The number of carbonyl (C=O) groups is 1. The van der Waals surface area contributed by atoms with Crippen LogP contribution in [0.25, 0.3) is 11.3 Å². The van der Waals surface area contributed by atoms with Gasteiger partial charge in [0.15, 0.2) is 11.5 Å². The second-order valence-corrected chi connectivity index (χ2v) is 7.73. The first kappa shape index (κ1) is 16.7. The quantitative estimate of drug-likeness (QED) is 0.837. The fraction of sp³-hybridized carbons (Fsp3) is 0.375. The summed E-state index contributed by atoms with van der Waals surface area (Å²) in [6, 6.07) is 11.0. The van der Waals surface area contributed by atoms with Gasteiger partial charge in [0.2, 0.25) is 10.0 Å². The summed E-state index contributed by atoms with van der Waals surface area (Å²) in [6.07, 6.45) is 1.79. The summed E-state index contributed by atoms with van der Waals surface area (Å²) in [5, 5.41) is 3.87. The normalized spacial score (nSPS) is 16.8. The molecule has 0 bridgehead atoms. The highest BCUT2D eigenvalue weighted by Gasteiger charge is 2.26. The Morgan fingerprint density at radius 3 is 2.58 bits per heavy atom. The number of carbonyl (C=O) groups excluding carboxylic acids is 1. The molecule has 0 spiro atoms. The summed E-state index contributed by atoms with van der Waals surface area (Å²) >= 11 is 0. The first-order valence-corrected chi connectivity index (χ1v) is 9.56. The maximum absolute atomic E-state index is 12.6. The molecular weight excluding hydrogens is 330 g/mol. The molecule has 1 amide bonds. The number of nitrogens with zero attached hydrogens (tertiary/aromatic N) is 3. The molecule has 1 aliphatic rings. The third-order valence-corrected chi connectivity index (χ3v) is 5.30. The van der Waals surface area contributed by atoms with Crippen LogP contribution in [0, 0.1) is 0 Å². The molecule has 3 rings (SSSR count). The highest BCUT2D eigenvalue weighted by atomic mass is 32.2. The molecule has 2 heterocycles. The van der Waals surface area contributed by atoms with Gasteiger partial charge >= 0.3 is 0 Å². The lowest BCUT2D eigenvalue weighted by molar-refractivity contribution is 0.0754. The van der Waals surface area contributed by atoms with E-state index in [1.54, 1.807) is 11.0 Å². The Balaban J connectivity index is 1.72. The SMILES string of the molecule is CS(=O)(=O)N1CCCN(C(=O)c2cc(-c3ccccc3)on2)CC1. The van der Waals surface area contributed by atoms with E-state index in [4.69, 9.17) is 4.52 Å². The van der Waals surface area contributed by atoms with Crippen LogP contribution in [-0.2, 0) is 10.0 Å². The number of hydrogen-bond acceptors (Lipinski definition) is 5. The van der Waals surface area contributed by atoms with Crippen molar-refractivity contribution in [3.8, 4) is 11.3 Å². The van der Waals surface area contributed by atoms with Crippen molar-refractivity contribution in [1.82, 2.24) is 14.4 Å². The number of rotatable bonds is 3. The van der Waals surface area contributed by atoms with Crippen LogP contribution in [0.1, 0.15) is 16.9 Å². The monoisotopic (exact) mass is 349 g/mol. The predicted molar refractivity (Wildman–Crippen MR) is 88.9 cm³/mol. The van der Waals surface area contributed by atoms with E-state index in [0.717, 1.165) is 5.56 Å². The van der Waals surface area contributed by atoms with E-state index in [-0.39, 0.29) is 11.6 Å². The third kappa shape index (κ3) is 3.65. The zero-order valence-corrected chi connectivity index (χ0v) is 14.2. The zero-order chi connectivity index (χ0) is 17.2. The van der Waals surface area contributed by atoms with Crippen LogP contribution >= 0.6 is 0 Å². The average molecular weight is 349 g/mol. The molecule has 0 atom stereocenters. The predicted octanol–water partition coefficient (Wildman–Crippen LogP) is 1.45. The van der Waals surface area contributed by atoms with Gasteiger partial charge in [-0.05, 0) is 6.42 Å². The van der Waals surface area contributed by atoms with E-state index in [1.807, 2.05) is 30.3 Å². The van der Waals surface area contributed by atoms with Crippen molar-refractivity contribution in [3.63, 3.8) is 0 Å². The third-order valence-electron chi connectivity index (χ3n) is 4.00. The molecule has 128 valence electrons. The van der Waals surface area contributed by atoms with E-state index < -0.39 is 10.0 Å². The standard InChI is InChI=1S/C16H19N3O4S/c1-24(21,22)19-9-5-8-18(10-11-19)16(20)14-12-15(23-17-14)13-6-3-2-4-7-13/h2-4,6-7,12H,5,8-11H2,1H3. The summed E-state index contributed by atoms with van der Waals surface area (Å²) < 4.78 is 29.9. The molecular formula is C16H19N3O4S. The van der Waals surface area contributed by atoms with Gasteiger partial charge in [0, 0.05) is 37.8 Å². The number of hydrogen-bond donors (Lipinski definition) is 0. The van der Waals surface area contributed by atoms with Gasteiger partial charge in [0.1, 0.15) is 0 Å². The summed E-state index contributed by atoms with van der Waals surface area (Å²) in [4.78, 5) is 14.2. The first-order chi connectivity index (χ1) is 11.4. The fourth-order valence-corrected chi connectivity index (χ4v) is 3.58. The number of amides is 1. The van der Waals surface area contributed by atoms with Crippen LogP contribution in [0.5, 0.6) is 0 Å². The van der Waals surface area contributed by atoms with Crippen molar-refractivity contribution in [3.05, 3.63) is 42.1 Å². The number of aromatic nitrogens is 1. The van der Waals surface area contributed by atoms with Gasteiger partial charge in [-0.3, -0.25) is 4.79 Å². The van der Waals surface area contributed by atoms with Crippen molar-refractivity contribution in [2.24, 2.45) is 0 Å². The van der Waals surface area contributed by atoms with E-state index >= 15 is 0 Å². The summed E-state index contributed by atoms with van der Waals surface area (Å²) in [5.41, 5.74) is 1.09. The zero-order valence-electron chi connectivity index (χ0n) is 13.4. The van der Waals surface area contributed by atoms with Crippen LogP contribution in [0.2, 0.25) is 0 Å². The van der Waals surface area contributed by atoms with Gasteiger partial charge in [0.25, 0.3) is 5.91 Å². The molecule has 7 nitrogen and oxygen atoms in total. The van der Waals surface area contributed by atoms with E-state index in [1.165, 1.54) is 10.6 Å². The van der Waals surface area contributed by atoms with Crippen molar-refractivity contribution in [2.75, 3.05) is 32.4 Å². The molecule has 0 unspecified atom stereocenters. The Kier molecular flexibility index (Phi) is 4.68. The van der Waals surface area contributed by atoms with Crippen LogP contribution < -0.4 is 0 Å². The van der Waals surface area contributed by atoms with Gasteiger partial charge in [-0.1, -0.05) is 35.5 Å². The molecule has 1 fully saturated rings. The lowest BCUT2D eigenvalue weighted by Gasteiger charge is -2.19. The molecule has 1 aromatic carbocycles. The molecule has 0 saturated carbocycles. The fourth-order valence-electron chi connectivity index (χ4n) is 2.70. The molecule has 0 aliphatic carbocycles. The lowest BCUT2D eigenvalue weighted by Crippen LogP contribution is -2.37. The van der Waals surface area contributed by atoms with Crippen LogP contribution in [0.4, 0.5) is 0 Å². The van der Waals surface area contributed by atoms with Gasteiger partial charge in [-0.15, -0.1) is 0 Å². The molecule has 1 saturated heterocycles. The van der Waals surface area contributed by atoms with Crippen molar-refractivity contribution >= 4 is 15.9 Å². The van der Waals surface area contributed by atoms with E-state index in [2.05, 4.69) is 5.16 Å². The Labute approximate surface area is 140 Å². The number of benzene rings is 1. The smallest absolute Gasteiger partial charge is 0.276 e.